The molecule has 2 rings (SSSR count). The number of likely N-dealkylation sites (tertiary alicyclic amines) is 1. The average Bonchev–Trinajstić information content (AvgIpc) is 2.64. The maximum atomic E-state index is 13.8. The van der Waals surface area contributed by atoms with E-state index in [1.807, 2.05) is 20.8 Å². The van der Waals surface area contributed by atoms with Gasteiger partial charge in [0, 0.05) is 25.3 Å². The van der Waals surface area contributed by atoms with E-state index in [1.54, 1.807) is 11.0 Å². The molecule has 1 N–H and O–H groups in total. The van der Waals surface area contributed by atoms with Crippen LogP contribution >= 0.6 is 0 Å². The van der Waals surface area contributed by atoms with Crippen LogP contribution in [0, 0.1) is 23.1 Å². The van der Waals surface area contributed by atoms with Gasteiger partial charge in [0.2, 0.25) is 0 Å². The number of nitrogens with zero attached hydrogens (tertiary/aromatic N) is 2. The molecule has 0 aromatic heterocycles. The molecule has 0 unspecified atom stereocenters. The second-order valence-corrected chi connectivity index (χ2v) is 8.12. The molecule has 0 spiro atoms. The van der Waals surface area contributed by atoms with Crippen LogP contribution in [0.3, 0.4) is 0 Å². The van der Waals surface area contributed by atoms with Crippen molar-refractivity contribution in [3.63, 3.8) is 0 Å². The highest BCUT2D eigenvalue weighted by molar-refractivity contribution is 6.07. The Morgan fingerprint density at radius 2 is 2.00 bits per heavy atom. The van der Waals surface area contributed by atoms with Crippen LogP contribution in [0.5, 0.6) is 0 Å². The van der Waals surface area contributed by atoms with Gasteiger partial charge in [0.15, 0.2) is 0 Å². The van der Waals surface area contributed by atoms with Crippen molar-refractivity contribution in [1.29, 1.82) is 5.26 Å². The Bertz CT molecular complexity index is 744. The lowest BCUT2D eigenvalue weighted by Gasteiger charge is -2.33. The van der Waals surface area contributed by atoms with Crippen molar-refractivity contribution in [2.45, 2.75) is 52.1 Å². The molecule has 1 amide bonds. The van der Waals surface area contributed by atoms with E-state index in [9.17, 15) is 14.0 Å². The molecule has 0 radical (unpaired) electrons. The number of benzene rings is 1. The number of carbonyl (C=O) groups excluding carboxylic acids is 2. The van der Waals surface area contributed by atoms with Gasteiger partial charge in [0.25, 0.3) is 5.78 Å². The van der Waals surface area contributed by atoms with Gasteiger partial charge in [-0.05, 0) is 70.6 Å². The standard InChI is InChI=1S/C21H28FN3O3/c1-21(2,3)28-20(27)25-11-8-15(9-12-25)5-4-10-24-16-6-7-17(18(22)13-16)19(26)14-23/h6-7,13,15,24H,4-5,8-12H2,1-3H3. The normalized spacial score (nSPS) is 15.0. The van der Waals surface area contributed by atoms with Crippen LogP contribution in [0.2, 0.25) is 0 Å². The SMILES string of the molecule is CC(C)(C)OC(=O)N1CCC(CCCNc2ccc(C(=O)C#N)c(F)c2)CC1. The van der Waals surface area contributed by atoms with Crippen molar-refractivity contribution in [3.8, 4) is 6.07 Å². The molecule has 1 aromatic carbocycles. The molecule has 0 bridgehead atoms. The number of rotatable bonds is 6. The first-order chi connectivity index (χ1) is 13.2. The molecule has 7 heteroatoms. The Labute approximate surface area is 165 Å². The lowest BCUT2D eigenvalue weighted by Crippen LogP contribution is -2.41. The third kappa shape index (κ3) is 6.52. The van der Waals surface area contributed by atoms with Crippen molar-refractivity contribution in [2.24, 2.45) is 5.92 Å². The zero-order valence-corrected chi connectivity index (χ0v) is 16.8. The molecule has 28 heavy (non-hydrogen) atoms. The van der Waals surface area contributed by atoms with Crippen LogP contribution in [0.4, 0.5) is 14.9 Å². The van der Waals surface area contributed by atoms with Crippen LogP contribution < -0.4 is 5.32 Å². The number of ether oxygens (including phenoxy) is 1. The van der Waals surface area contributed by atoms with Gasteiger partial charge in [-0.25, -0.2) is 9.18 Å². The van der Waals surface area contributed by atoms with Gasteiger partial charge in [-0.15, -0.1) is 0 Å². The first-order valence-electron chi connectivity index (χ1n) is 9.65. The van der Waals surface area contributed by atoms with Crippen molar-refractivity contribution in [1.82, 2.24) is 4.90 Å². The molecule has 1 aliphatic rings. The van der Waals surface area contributed by atoms with Gasteiger partial charge in [0.05, 0.1) is 5.56 Å². The highest BCUT2D eigenvalue weighted by Gasteiger charge is 2.26. The number of Topliss-reactive ketones (excluding diaryl/α,β-unsaturated/α-hetero) is 1. The summed E-state index contributed by atoms with van der Waals surface area (Å²) in [6.07, 6.45) is 3.63. The van der Waals surface area contributed by atoms with E-state index in [2.05, 4.69) is 5.32 Å². The maximum Gasteiger partial charge on any atom is 0.410 e. The van der Waals surface area contributed by atoms with Gasteiger partial charge in [-0.3, -0.25) is 4.79 Å². The lowest BCUT2D eigenvalue weighted by atomic mass is 9.92. The molecule has 1 saturated heterocycles. The molecular weight excluding hydrogens is 361 g/mol. The summed E-state index contributed by atoms with van der Waals surface area (Å²) in [6.45, 7) is 7.72. The van der Waals surface area contributed by atoms with Gasteiger partial charge in [-0.2, -0.15) is 5.26 Å². The number of ketones is 1. The molecular formula is C21H28FN3O3. The number of carbonyl (C=O) groups is 2. The van der Waals surface area contributed by atoms with Gasteiger partial charge in [0.1, 0.15) is 17.5 Å². The predicted molar refractivity (Wildman–Crippen MR) is 105 cm³/mol. The molecule has 0 saturated carbocycles. The quantitative estimate of drug-likeness (QED) is 0.444. The number of nitriles is 1. The summed E-state index contributed by atoms with van der Waals surface area (Å²) in [7, 11) is 0. The van der Waals surface area contributed by atoms with Crippen LogP contribution in [0.15, 0.2) is 18.2 Å². The monoisotopic (exact) mass is 389 g/mol. The van der Waals surface area contributed by atoms with E-state index in [0.29, 0.717) is 31.2 Å². The molecule has 1 fully saturated rings. The van der Waals surface area contributed by atoms with E-state index < -0.39 is 17.2 Å². The summed E-state index contributed by atoms with van der Waals surface area (Å²) in [4.78, 5) is 25.1. The first-order valence-corrected chi connectivity index (χ1v) is 9.65. The summed E-state index contributed by atoms with van der Waals surface area (Å²) in [5.74, 6) is -0.999. The van der Waals surface area contributed by atoms with Gasteiger partial charge >= 0.3 is 6.09 Å². The Balaban J connectivity index is 1.69. The summed E-state index contributed by atoms with van der Waals surface area (Å²) >= 11 is 0. The van der Waals surface area contributed by atoms with E-state index in [-0.39, 0.29) is 11.7 Å². The molecule has 0 atom stereocenters. The predicted octanol–water partition coefficient (Wildman–Crippen LogP) is 4.37. The zero-order valence-electron chi connectivity index (χ0n) is 16.8. The Hall–Kier alpha value is -2.62. The van der Waals surface area contributed by atoms with E-state index in [1.165, 1.54) is 18.2 Å². The van der Waals surface area contributed by atoms with Crippen molar-refractivity contribution < 1.29 is 18.7 Å². The number of hydrogen-bond donors (Lipinski definition) is 1. The van der Waals surface area contributed by atoms with Gasteiger partial charge < -0.3 is 15.0 Å². The van der Waals surface area contributed by atoms with Crippen molar-refractivity contribution in [2.75, 3.05) is 25.0 Å². The number of piperidine rings is 1. The first kappa shape index (κ1) is 21.7. The third-order valence-electron chi connectivity index (χ3n) is 4.70. The minimum Gasteiger partial charge on any atom is -0.444 e. The summed E-state index contributed by atoms with van der Waals surface area (Å²) in [5, 5.41) is 11.7. The summed E-state index contributed by atoms with van der Waals surface area (Å²) in [6, 6.07) is 5.59. The molecule has 1 aliphatic heterocycles. The topological polar surface area (TPSA) is 82.4 Å². The zero-order chi connectivity index (χ0) is 20.7. The van der Waals surface area contributed by atoms with E-state index >= 15 is 0 Å². The Kier molecular flexibility index (Phi) is 7.38. The smallest absolute Gasteiger partial charge is 0.410 e. The van der Waals surface area contributed by atoms with E-state index in [0.717, 1.165) is 25.7 Å². The fraction of sp³-hybridized carbons (Fsp3) is 0.571. The Morgan fingerprint density at radius 3 is 2.57 bits per heavy atom. The number of nitrogens with one attached hydrogen (secondary N) is 1. The Morgan fingerprint density at radius 1 is 1.32 bits per heavy atom. The van der Waals surface area contributed by atoms with Crippen molar-refractivity contribution in [3.05, 3.63) is 29.6 Å². The molecule has 0 aliphatic carbocycles. The number of anilines is 1. The fourth-order valence-electron chi connectivity index (χ4n) is 3.22. The van der Waals surface area contributed by atoms with Crippen LogP contribution in [0.25, 0.3) is 0 Å². The van der Waals surface area contributed by atoms with Crippen LogP contribution in [0.1, 0.15) is 56.8 Å². The number of hydrogen-bond acceptors (Lipinski definition) is 5. The summed E-state index contributed by atoms with van der Waals surface area (Å²) < 4.78 is 19.2. The average molecular weight is 389 g/mol. The molecule has 1 aromatic rings. The minimum absolute atomic E-state index is 0.204. The second kappa shape index (κ2) is 9.54. The highest BCUT2D eigenvalue weighted by atomic mass is 19.1. The molecule has 6 nitrogen and oxygen atoms in total. The largest absolute Gasteiger partial charge is 0.444 e. The number of halogens is 1. The molecule has 1 heterocycles. The minimum atomic E-state index is -0.873. The highest BCUT2D eigenvalue weighted by Crippen LogP contribution is 2.23. The van der Waals surface area contributed by atoms with Crippen LogP contribution in [-0.2, 0) is 4.74 Å². The molecule has 152 valence electrons. The number of amides is 1. The second-order valence-electron chi connectivity index (χ2n) is 8.12. The van der Waals surface area contributed by atoms with Crippen molar-refractivity contribution >= 4 is 17.6 Å². The van der Waals surface area contributed by atoms with Crippen LogP contribution in [-0.4, -0.2) is 42.0 Å². The summed E-state index contributed by atoms with van der Waals surface area (Å²) in [5.41, 5.74) is -0.0874. The van der Waals surface area contributed by atoms with Gasteiger partial charge in [-0.1, -0.05) is 0 Å². The van der Waals surface area contributed by atoms with E-state index in [4.69, 9.17) is 10.00 Å². The fourth-order valence-corrected chi connectivity index (χ4v) is 3.22. The lowest BCUT2D eigenvalue weighted by molar-refractivity contribution is 0.0181. The third-order valence-corrected chi connectivity index (χ3v) is 4.70. The maximum absolute atomic E-state index is 13.8.